The molecular weight excluding hydrogens is 147 g/mol. The maximum atomic E-state index is 9.55. The van der Waals surface area contributed by atoms with Gasteiger partial charge in [-0.05, 0) is 0 Å². The van der Waals surface area contributed by atoms with Crippen LogP contribution in [0.2, 0.25) is 0 Å². The van der Waals surface area contributed by atoms with Gasteiger partial charge in [0.15, 0.2) is 0 Å². The third-order valence-electron chi connectivity index (χ3n) is 0.149. The van der Waals surface area contributed by atoms with Gasteiger partial charge in [-0.1, -0.05) is 0 Å². The van der Waals surface area contributed by atoms with E-state index < -0.39 is 9.64 Å². The van der Waals surface area contributed by atoms with Crippen LogP contribution in [0.5, 0.6) is 0 Å². The molecule has 0 aliphatic heterocycles. The van der Waals surface area contributed by atoms with E-state index in [9.17, 15) is 4.21 Å². The van der Waals surface area contributed by atoms with Crippen molar-refractivity contribution in [3.05, 3.63) is 0 Å². The van der Waals surface area contributed by atoms with Crippen LogP contribution in [0.15, 0.2) is 0 Å². The summed E-state index contributed by atoms with van der Waals surface area (Å²) in [5.41, 5.74) is 0. The Morgan fingerprint density at radius 3 is 2.00 bits per heavy atom. The van der Waals surface area contributed by atoms with E-state index >= 15 is 0 Å². The Labute approximate surface area is 86.0 Å². The molecular formula is CH5KO2S2. The molecule has 1 unspecified atom stereocenters. The van der Waals surface area contributed by atoms with Gasteiger partial charge in [0, 0.05) is 11.2 Å². The zero-order valence-corrected chi connectivity index (χ0v) is 4.38. The summed E-state index contributed by atoms with van der Waals surface area (Å²) in [7, 11) is -0.454. The van der Waals surface area contributed by atoms with Crippen LogP contribution >= 0.6 is 0 Å². The summed E-state index contributed by atoms with van der Waals surface area (Å²) in [6.07, 6.45) is 0. The fraction of sp³-hybridized carbons (Fsp3) is 1.00. The normalized spacial score (nSPS) is 12.2. The molecule has 0 N–H and O–H groups in total. The van der Waals surface area contributed by atoms with E-state index in [1.807, 2.05) is 0 Å². The first-order valence-electron chi connectivity index (χ1n) is 0.956. The summed E-state index contributed by atoms with van der Waals surface area (Å²) in [4.78, 5) is 0. The van der Waals surface area contributed by atoms with Crippen LogP contribution in [0.25, 0.3) is 0 Å². The Hall–Kier alpha value is 1.97. The van der Waals surface area contributed by atoms with Crippen LogP contribution in [-0.4, -0.2) is 62.7 Å². The van der Waals surface area contributed by atoms with Crippen LogP contribution in [-0.2, 0) is 25.0 Å². The first kappa shape index (κ1) is 10.9. The van der Waals surface area contributed by atoms with Gasteiger partial charge in [0.25, 0.3) is 0 Å². The fourth-order valence-corrected chi connectivity index (χ4v) is 0. The predicted molar refractivity (Wildman–Crippen MR) is 31.1 cm³/mol. The molecule has 0 rings (SSSR count). The van der Waals surface area contributed by atoms with Crippen LogP contribution < -0.4 is 0 Å². The van der Waals surface area contributed by atoms with Gasteiger partial charge >= 0.3 is 51.4 Å². The van der Waals surface area contributed by atoms with Crippen molar-refractivity contribution in [1.82, 2.24) is 0 Å². The van der Waals surface area contributed by atoms with Crippen LogP contribution in [0.1, 0.15) is 0 Å². The summed E-state index contributed by atoms with van der Waals surface area (Å²) < 4.78 is 13.6. The molecule has 2 nitrogen and oxygen atoms in total. The van der Waals surface area contributed by atoms with E-state index in [0.717, 1.165) is 0 Å². The van der Waals surface area contributed by atoms with E-state index in [-0.39, 0.29) is 51.4 Å². The SMILES string of the molecule is CO[SH](=O)=S.[KH]. The summed E-state index contributed by atoms with van der Waals surface area (Å²) in [5, 5.41) is 0. The molecule has 0 aromatic rings. The van der Waals surface area contributed by atoms with Crippen molar-refractivity contribution in [3.63, 3.8) is 0 Å². The Morgan fingerprint density at radius 1 is 1.83 bits per heavy atom. The number of rotatable bonds is 1. The Bertz CT molecular complexity index is 69.6. The number of hydrogen-bond acceptors (Lipinski definition) is 3. The monoisotopic (exact) mass is 152 g/mol. The van der Waals surface area contributed by atoms with Crippen LogP contribution in [0.4, 0.5) is 0 Å². The summed E-state index contributed by atoms with van der Waals surface area (Å²) in [5.74, 6) is 0. The number of hydrogen-bond donors (Lipinski definition) is 1. The van der Waals surface area contributed by atoms with Crippen molar-refractivity contribution in [2.45, 2.75) is 0 Å². The third-order valence-corrected chi connectivity index (χ3v) is 0.894. The van der Waals surface area contributed by atoms with Crippen molar-refractivity contribution < 1.29 is 8.39 Å². The van der Waals surface area contributed by atoms with Gasteiger partial charge < -0.3 is 0 Å². The van der Waals surface area contributed by atoms with Crippen molar-refractivity contribution in [3.8, 4) is 0 Å². The molecule has 0 aliphatic carbocycles. The molecule has 0 heterocycles. The van der Waals surface area contributed by atoms with E-state index in [0.29, 0.717) is 0 Å². The van der Waals surface area contributed by atoms with Gasteiger partial charge in [-0.3, -0.25) is 4.18 Å². The summed E-state index contributed by atoms with van der Waals surface area (Å²) >= 11 is 4.07. The molecule has 0 fully saturated rings. The zero-order chi connectivity index (χ0) is 4.28. The van der Waals surface area contributed by atoms with E-state index in [1.165, 1.54) is 7.11 Å². The molecule has 5 heteroatoms. The average molecular weight is 152 g/mol. The minimum atomic E-state index is -1.76. The van der Waals surface area contributed by atoms with Gasteiger partial charge in [0.2, 0.25) is 0 Å². The first-order chi connectivity index (χ1) is 2.27. The second kappa shape index (κ2) is 6.97. The van der Waals surface area contributed by atoms with Crippen molar-refractivity contribution in [2.75, 3.05) is 7.11 Å². The average Bonchev–Trinajstić information content (AvgIpc) is 1.38. The third kappa shape index (κ3) is 9.35. The molecule has 0 radical (unpaired) electrons. The Balaban J connectivity index is 0. The van der Waals surface area contributed by atoms with Crippen molar-refractivity contribution in [1.29, 1.82) is 0 Å². The quantitative estimate of drug-likeness (QED) is 0.379. The molecule has 0 saturated heterocycles. The van der Waals surface area contributed by atoms with Gasteiger partial charge in [0.05, 0.1) is 7.11 Å². The standard InChI is InChI=1S/CH4O2S2.K.H/c1-3-5(2)4;;/h5H,1H3;;. The minimum absolute atomic E-state index is 0. The van der Waals surface area contributed by atoms with E-state index in [1.54, 1.807) is 0 Å². The molecule has 0 spiro atoms. The molecule has 0 aromatic carbocycles. The second-order valence-electron chi connectivity index (χ2n) is 0.406. The Morgan fingerprint density at radius 2 is 2.00 bits per heavy atom. The molecule has 0 aromatic heterocycles. The van der Waals surface area contributed by atoms with Crippen molar-refractivity contribution >= 4 is 72.2 Å². The van der Waals surface area contributed by atoms with Gasteiger partial charge in [-0.15, -0.1) is 0 Å². The molecule has 0 aliphatic rings. The molecule has 0 amide bonds. The predicted octanol–water partition coefficient (Wildman–Crippen LogP) is -1.16. The molecule has 34 valence electrons. The van der Waals surface area contributed by atoms with Crippen LogP contribution in [0, 0.1) is 0 Å². The van der Waals surface area contributed by atoms with Gasteiger partial charge in [-0.2, -0.15) is 0 Å². The zero-order valence-electron chi connectivity index (χ0n) is 2.67. The number of thiol groups is 1. The molecule has 0 bridgehead atoms. The van der Waals surface area contributed by atoms with Crippen molar-refractivity contribution in [2.24, 2.45) is 0 Å². The molecule has 6 heavy (non-hydrogen) atoms. The Kier molecular flexibility index (Phi) is 12.6. The first-order valence-corrected chi connectivity index (χ1v) is 3.15. The topological polar surface area (TPSA) is 26.3 Å². The molecule has 0 saturated carbocycles. The van der Waals surface area contributed by atoms with Crippen LogP contribution in [0.3, 0.4) is 0 Å². The van der Waals surface area contributed by atoms with E-state index in [4.69, 9.17) is 0 Å². The maximum absolute atomic E-state index is 9.55. The van der Waals surface area contributed by atoms with Gasteiger partial charge in [0.1, 0.15) is 9.64 Å². The molecule has 1 atom stereocenters. The fourth-order valence-electron chi connectivity index (χ4n) is 0. The summed E-state index contributed by atoms with van der Waals surface area (Å²) in [6, 6.07) is 0. The summed E-state index contributed by atoms with van der Waals surface area (Å²) in [6.45, 7) is 0. The van der Waals surface area contributed by atoms with E-state index in [2.05, 4.69) is 15.4 Å². The van der Waals surface area contributed by atoms with Gasteiger partial charge in [-0.25, -0.2) is 4.21 Å². The second-order valence-corrected chi connectivity index (χ2v) is 2.11.